The lowest BCUT2D eigenvalue weighted by atomic mass is 10.1. The van der Waals surface area contributed by atoms with Crippen LogP contribution in [0.2, 0.25) is 0 Å². The van der Waals surface area contributed by atoms with Gasteiger partial charge in [0.25, 0.3) is 0 Å². The highest BCUT2D eigenvalue weighted by molar-refractivity contribution is 6.00. The Morgan fingerprint density at radius 2 is 1.81 bits per heavy atom. The first-order valence-corrected chi connectivity index (χ1v) is 11.3. The molecule has 0 aliphatic carbocycles. The predicted molar refractivity (Wildman–Crippen MR) is 122 cm³/mol. The molecule has 4 rings (SSSR count). The molecule has 7 heteroatoms. The second-order valence-corrected chi connectivity index (χ2v) is 8.65. The van der Waals surface area contributed by atoms with Crippen molar-refractivity contribution in [1.29, 1.82) is 0 Å². The van der Waals surface area contributed by atoms with E-state index in [2.05, 4.69) is 12.2 Å². The number of nitrogens with zero attached hydrogens (tertiary/aromatic N) is 2. The Balaban J connectivity index is 1.32. The summed E-state index contributed by atoms with van der Waals surface area (Å²) in [6.07, 6.45) is 2.07. The molecular formula is C25H30FN3O3. The van der Waals surface area contributed by atoms with Crippen molar-refractivity contribution in [3.8, 4) is 0 Å². The fourth-order valence-electron chi connectivity index (χ4n) is 4.40. The molecule has 2 heterocycles. The third-order valence-corrected chi connectivity index (χ3v) is 6.44. The van der Waals surface area contributed by atoms with Crippen LogP contribution in [0.15, 0.2) is 42.5 Å². The predicted octanol–water partition coefficient (Wildman–Crippen LogP) is 3.02. The van der Waals surface area contributed by atoms with Gasteiger partial charge in [0.05, 0.1) is 17.7 Å². The fourth-order valence-corrected chi connectivity index (χ4v) is 4.40. The molecule has 1 atom stereocenters. The molecule has 0 radical (unpaired) electrons. The van der Waals surface area contributed by atoms with Gasteiger partial charge in [-0.2, -0.15) is 0 Å². The highest BCUT2D eigenvalue weighted by Crippen LogP contribution is 2.27. The maximum atomic E-state index is 14.6. The Bertz CT molecular complexity index is 971. The number of carbonyl (C=O) groups excluding carboxylic acids is 2. The summed E-state index contributed by atoms with van der Waals surface area (Å²) in [5, 5.41) is 12.5. The molecule has 2 saturated heterocycles. The van der Waals surface area contributed by atoms with E-state index in [0.717, 1.165) is 12.1 Å². The van der Waals surface area contributed by atoms with Gasteiger partial charge in [-0.05, 0) is 54.7 Å². The molecular weight excluding hydrogens is 409 g/mol. The number of benzene rings is 2. The molecule has 0 spiro atoms. The normalized spacial score (nSPS) is 19.5. The molecule has 0 saturated carbocycles. The first kappa shape index (κ1) is 22.3. The molecule has 1 unspecified atom stereocenters. The van der Waals surface area contributed by atoms with Crippen molar-refractivity contribution in [2.45, 2.75) is 45.3 Å². The molecule has 2 aliphatic rings. The third-order valence-electron chi connectivity index (χ3n) is 6.44. The van der Waals surface area contributed by atoms with E-state index in [1.165, 1.54) is 11.6 Å². The topological polar surface area (TPSA) is 72.9 Å². The van der Waals surface area contributed by atoms with Gasteiger partial charge in [-0.1, -0.05) is 25.1 Å². The van der Waals surface area contributed by atoms with Gasteiger partial charge in [-0.25, -0.2) is 4.39 Å². The molecule has 2 N–H and O–H groups in total. The smallest absolute Gasteiger partial charge is 0.227 e. The number of halogens is 1. The average molecular weight is 440 g/mol. The standard InChI is InChI=1S/C25H30FN3O3/c1-2-17-3-6-20(7-4-17)29-16-19(14-24(29)31)25(32)27-15-18-5-8-23(22(26)13-18)28-11-9-21(30)10-12-28/h3-8,13,19,21,30H,2,9-12,14-16H2,1H3,(H,27,32). The minimum Gasteiger partial charge on any atom is -0.393 e. The van der Waals surface area contributed by atoms with E-state index in [-0.39, 0.29) is 36.7 Å². The first-order chi connectivity index (χ1) is 15.4. The van der Waals surface area contributed by atoms with Crippen LogP contribution in [0.25, 0.3) is 0 Å². The van der Waals surface area contributed by atoms with E-state index in [1.807, 2.05) is 35.2 Å². The van der Waals surface area contributed by atoms with Crippen LogP contribution in [0, 0.1) is 11.7 Å². The fraction of sp³-hybridized carbons (Fsp3) is 0.440. The Morgan fingerprint density at radius 1 is 1.12 bits per heavy atom. The van der Waals surface area contributed by atoms with Crippen LogP contribution >= 0.6 is 0 Å². The van der Waals surface area contributed by atoms with Crippen LogP contribution in [-0.4, -0.2) is 42.7 Å². The number of piperidine rings is 1. The first-order valence-electron chi connectivity index (χ1n) is 11.3. The molecule has 2 aromatic carbocycles. The monoisotopic (exact) mass is 439 g/mol. The van der Waals surface area contributed by atoms with Crippen molar-refractivity contribution in [2.24, 2.45) is 5.92 Å². The molecule has 2 aromatic rings. The zero-order valence-electron chi connectivity index (χ0n) is 18.4. The lowest BCUT2D eigenvalue weighted by Crippen LogP contribution is -2.36. The summed E-state index contributed by atoms with van der Waals surface area (Å²) in [5.74, 6) is -1.000. The number of aliphatic hydroxyl groups is 1. The number of carbonyl (C=O) groups is 2. The Labute approximate surface area is 188 Å². The van der Waals surface area contributed by atoms with Crippen molar-refractivity contribution in [3.05, 3.63) is 59.4 Å². The van der Waals surface area contributed by atoms with Gasteiger partial charge in [0, 0.05) is 38.3 Å². The van der Waals surface area contributed by atoms with Gasteiger partial charge >= 0.3 is 0 Å². The number of hydrogen-bond donors (Lipinski definition) is 2. The molecule has 170 valence electrons. The molecule has 0 aromatic heterocycles. The Hall–Kier alpha value is -2.93. The number of nitrogens with one attached hydrogen (secondary N) is 1. The van der Waals surface area contributed by atoms with Crippen LogP contribution in [0.4, 0.5) is 15.8 Å². The second kappa shape index (κ2) is 9.69. The lowest BCUT2D eigenvalue weighted by molar-refractivity contribution is -0.126. The van der Waals surface area contributed by atoms with E-state index in [9.17, 15) is 19.1 Å². The minimum atomic E-state index is -0.419. The second-order valence-electron chi connectivity index (χ2n) is 8.65. The summed E-state index contributed by atoms with van der Waals surface area (Å²) in [7, 11) is 0. The van der Waals surface area contributed by atoms with Gasteiger partial charge in [-0.3, -0.25) is 9.59 Å². The maximum absolute atomic E-state index is 14.6. The van der Waals surface area contributed by atoms with Crippen LogP contribution < -0.4 is 15.1 Å². The third kappa shape index (κ3) is 4.93. The van der Waals surface area contributed by atoms with Crippen molar-refractivity contribution < 1.29 is 19.1 Å². The van der Waals surface area contributed by atoms with Crippen molar-refractivity contribution in [1.82, 2.24) is 5.32 Å². The van der Waals surface area contributed by atoms with E-state index in [0.29, 0.717) is 43.7 Å². The van der Waals surface area contributed by atoms with Crippen LogP contribution in [0.3, 0.4) is 0 Å². The summed E-state index contributed by atoms with van der Waals surface area (Å²) < 4.78 is 14.6. The SMILES string of the molecule is CCc1ccc(N2CC(C(=O)NCc3ccc(N4CCC(O)CC4)c(F)c3)CC2=O)cc1. The van der Waals surface area contributed by atoms with Gasteiger partial charge in [0.15, 0.2) is 0 Å². The van der Waals surface area contributed by atoms with Gasteiger partial charge in [0.2, 0.25) is 11.8 Å². The molecule has 2 amide bonds. The summed E-state index contributed by atoms with van der Waals surface area (Å²) >= 11 is 0. The zero-order chi connectivity index (χ0) is 22.7. The summed E-state index contributed by atoms with van der Waals surface area (Å²) in [6, 6.07) is 12.8. The Morgan fingerprint density at radius 3 is 2.47 bits per heavy atom. The number of aliphatic hydroxyl groups excluding tert-OH is 1. The number of rotatable bonds is 6. The van der Waals surface area contributed by atoms with E-state index >= 15 is 0 Å². The average Bonchev–Trinajstić information content (AvgIpc) is 3.20. The van der Waals surface area contributed by atoms with Gasteiger partial charge in [-0.15, -0.1) is 0 Å². The van der Waals surface area contributed by atoms with Crippen LogP contribution in [-0.2, 0) is 22.6 Å². The van der Waals surface area contributed by atoms with Crippen molar-refractivity contribution in [3.63, 3.8) is 0 Å². The summed E-state index contributed by atoms with van der Waals surface area (Å²) in [4.78, 5) is 28.7. The van der Waals surface area contributed by atoms with Crippen molar-refractivity contribution >= 4 is 23.2 Å². The molecule has 0 bridgehead atoms. The van der Waals surface area contributed by atoms with Crippen LogP contribution in [0.1, 0.15) is 37.3 Å². The van der Waals surface area contributed by atoms with Gasteiger partial charge in [0.1, 0.15) is 5.82 Å². The zero-order valence-corrected chi connectivity index (χ0v) is 18.4. The summed E-state index contributed by atoms with van der Waals surface area (Å²) in [6.45, 7) is 3.90. The minimum absolute atomic E-state index is 0.0588. The van der Waals surface area contributed by atoms with Crippen LogP contribution in [0.5, 0.6) is 0 Å². The maximum Gasteiger partial charge on any atom is 0.227 e. The van der Waals surface area contributed by atoms with E-state index in [1.54, 1.807) is 11.0 Å². The molecule has 2 aliphatic heterocycles. The lowest BCUT2D eigenvalue weighted by Gasteiger charge is -2.31. The summed E-state index contributed by atoms with van der Waals surface area (Å²) in [5.41, 5.74) is 3.21. The van der Waals surface area contributed by atoms with Crippen molar-refractivity contribution in [2.75, 3.05) is 29.4 Å². The quantitative estimate of drug-likeness (QED) is 0.726. The number of hydrogen-bond acceptors (Lipinski definition) is 4. The van der Waals surface area contributed by atoms with E-state index in [4.69, 9.17) is 0 Å². The molecule has 6 nitrogen and oxygen atoms in total. The molecule has 2 fully saturated rings. The largest absolute Gasteiger partial charge is 0.393 e. The highest BCUT2D eigenvalue weighted by atomic mass is 19.1. The molecule has 32 heavy (non-hydrogen) atoms. The number of aryl methyl sites for hydroxylation is 1. The van der Waals surface area contributed by atoms with Gasteiger partial charge < -0.3 is 20.2 Å². The highest BCUT2D eigenvalue weighted by Gasteiger charge is 2.35. The number of amides is 2. The number of anilines is 2. The van der Waals surface area contributed by atoms with E-state index < -0.39 is 5.92 Å². The Kier molecular flexibility index (Phi) is 6.74.